The Morgan fingerprint density at radius 3 is 2.25 bits per heavy atom. The van der Waals surface area contributed by atoms with Crippen LogP contribution in [0.4, 0.5) is 17.1 Å². The smallest absolute Gasteiger partial charge is 0.269 e. The van der Waals surface area contributed by atoms with Gasteiger partial charge in [0.2, 0.25) is 5.91 Å². The standard InChI is InChI=1S/C16H17N3O5/c1-23-14-8-5-12(9-15(14)24-2)18-16(20)10-17-11-3-6-13(7-4-11)19(21)22/h3-9,17H,10H2,1-2H3,(H,18,20). The third-order valence-corrected chi connectivity index (χ3v) is 3.20. The lowest BCUT2D eigenvalue weighted by molar-refractivity contribution is -0.384. The van der Waals surface area contributed by atoms with Crippen molar-refractivity contribution >= 4 is 23.0 Å². The van der Waals surface area contributed by atoms with Crippen molar-refractivity contribution in [3.8, 4) is 11.5 Å². The fourth-order valence-electron chi connectivity index (χ4n) is 2.00. The van der Waals surface area contributed by atoms with Crippen LogP contribution in [0.5, 0.6) is 11.5 Å². The van der Waals surface area contributed by atoms with Crippen LogP contribution < -0.4 is 20.1 Å². The molecule has 24 heavy (non-hydrogen) atoms. The first kappa shape index (κ1) is 17.1. The second kappa shape index (κ2) is 7.82. The minimum Gasteiger partial charge on any atom is -0.493 e. The van der Waals surface area contributed by atoms with E-state index in [1.54, 1.807) is 30.3 Å². The fourth-order valence-corrected chi connectivity index (χ4v) is 2.00. The van der Waals surface area contributed by atoms with Crippen molar-refractivity contribution < 1.29 is 19.2 Å². The molecule has 0 spiro atoms. The number of carbonyl (C=O) groups excluding carboxylic acids is 1. The Morgan fingerprint density at radius 2 is 1.67 bits per heavy atom. The molecule has 0 radical (unpaired) electrons. The van der Waals surface area contributed by atoms with Gasteiger partial charge in [-0.05, 0) is 24.3 Å². The maximum atomic E-state index is 12.0. The molecule has 0 saturated carbocycles. The third kappa shape index (κ3) is 4.35. The number of hydrogen-bond acceptors (Lipinski definition) is 6. The average Bonchev–Trinajstić information content (AvgIpc) is 2.60. The van der Waals surface area contributed by atoms with E-state index in [2.05, 4.69) is 10.6 Å². The van der Waals surface area contributed by atoms with Gasteiger partial charge in [-0.25, -0.2) is 0 Å². The Morgan fingerprint density at radius 1 is 1.04 bits per heavy atom. The number of amides is 1. The van der Waals surface area contributed by atoms with E-state index in [0.717, 1.165) is 0 Å². The largest absolute Gasteiger partial charge is 0.493 e. The van der Waals surface area contributed by atoms with Gasteiger partial charge in [-0.1, -0.05) is 0 Å². The molecule has 0 aliphatic carbocycles. The monoisotopic (exact) mass is 331 g/mol. The van der Waals surface area contributed by atoms with E-state index in [0.29, 0.717) is 22.9 Å². The molecule has 2 aromatic carbocycles. The van der Waals surface area contributed by atoms with Crippen LogP contribution in [-0.2, 0) is 4.79 Å². The quantitative estimate of drug-likeness (QED) is 0.597. The highest BCUT2D eigenvalue weighted by Crippen LogP contribution is 2.29. The third-order valence-electron chi connectivity index (χ3n) is 3.20. The Hall–Kier alpha value is -3.29. The summed E-state index contributed by atoms with van der Waals surface area (Å²) in [5.74, 6) is 0.818. The lowest BCUT2D eigenvalue weighted by atomic mass is 10.2. The fraction of sp³-hybridized carbons (Fsp3) is 0.188. The summed E-state index contributed by atoms with van der Waals surface area (Å²) in [6.07, 6.45) is 0. The molecule has 126 valence electrons. The molecule has 2 N–H and O–H groups in total. The first-order valence-corrected chi connectivity index (χ1v) is 7.03. The zero-order chi connectivity index (χ0) is 17.5. The van der Waals surface area contributed by atoms with Crippen LogP contribution in [0.1, 0.15) is 0 Å². The number of nitro benzene ring substituents is 1. The van der Waals surface area contributed by atoms with Gasteiger partial charge >= 0.3 is 0 Å². The first-order chi connectivity index (χ1) is 11.5. The highest BCUT2D eigenvalue weighted by Gasteiger charge is 2.08. The van der Waals surface area contributed by atoms with Crippen molar-refractivity contribution in [2.75, 3.05) is 31.4 Å². The second-order valence-corrected chi connectivity index (χ2v) is 4.78. The van der Waals surface area contributed by atoms with Crippen LogP contribution in [0.25, 0.3) is 0 Å². The second-order valence-electron chi connectivity index (χ2n) is 4.78. The summed E-state index contributed by atoms with van der Waals surface area (Å²) in [7, 11) is 3.05. The SMILES string of the molecule is COc1ccc(NC(=O)CNc2ccc([N+](=O)[O-])cc2)cc1OC. The van der Waals surface area contributed by atoms with E-state index in [9.17, 15) is 14.9 Å². The molecule has 0 bridgehead atoms. The lowest BCUT2D eigenvalue weighted by Crippen LogP contribution is -2.21. The Balaban J connectivity index is 1.92. The van der Waals surface area contributed by atoms with Crippen LogP contribution >= 0.6 is 0 Å². The van der Waals surface area contributed by atoms with E-state index < -0.39 is 4.92 Å². The summed E-state index contributed by atoms with van der Waals surface area (Å²) in [5, 5.41) is 16.2. The molecule has 8 heteroatoms. The number of nitrogens with zero attached hydrogens (tertiary/aromatic N) is 1. The molecular weight excluding hydrogens is 314 g/mol. The summed E-state index contributed by atoms with van der Waals surface area (Å²) in [4.78, 5) is 22.1. The number of benzene rings is 2. The Kier molecular flexibility index (Phi) is 5.56. The topological polar surface area (TPSA) is 103 Å². The molecule has 0 heterocycles. The number of methoxy groups -OCH3 is 2. The van der Waals surface area contributed by atoms with Gasteiger partial charge in [-0.3, -0.25) is 14.9 Å². The van der Waals surface area contributed by atoms with Crippen LogP contribution in [0.2, 0.25) is 0 Å². The predicted molar refractivity (Wildman–Crippen MR) is 89.8 cm³/mol. The molecule has 8 nitrogen and oxygen atoms in total. The van der Waals surface area contributed by atoms with E-state index in [1.165, 1.54) is 26.4 Å². The van der Waals surface area contributed by atoms with Crippen LogP contribution in [0, 0.1) is 10.1 Å². The molecule has 0 unspecified atom stereocenters. The van der Waals surface area contributed by atoms with Crippen LogP contribution in [0.15, 0.2) is 42.5 Å². The Bertz CT molecular complexity index is 731. The van der Waals surface area contributed by atoms with E-state index in [1.807, 2.05) is 0 Å². The van der Waals surface area contributed by atoms with Crippen LogP contribution in [-0.4, -0.2) is 31.6 Å². The summed E-state index contributed by atoms with van der Waals surface area (Å²) in [6, 6.07) is 10.9. The molecule has 0 saturated heterocycles. The number of non-ortho nitro benzene ring substituents is 1. The first-order valence-electron chi connectivity index (χ1n) is 7.03. The highest BCUT2D eigenvalue weighted by molar-refractivity contribution is 5.94. The summed E-state index contributed by atoms with van der Waals surface area (Å²) >= 11 is 0. The zero-order valence-electron chi connectivity index (χ0n) is 13.2. The average molecular weight is 331 g/mol. The van der Waals surface area contributed by atoms with E-state index >= 15 is 0 Å². The molecule has 0 aliphatic heterocycles. The number of rotatable bonds is 7. The summed E-state index contributed by atoms with van der Waals surface area (Å²) < 4.78 is 10.3. The maximum absolute atomic E-state index is 12.0. The highest BCUT2D eigenvalue weighted by atomic mass is 16.6. The minimum absolute atomic E-state index is 0.00432. The molecular formula is C16H17N3O5. The number of carbonyl (C=O) groups is 1. The number of nitro groups is 1. The molecule has 2 rings (SSSR count). The van der Waals surface area contributed by atoms with Gasteiger partial charge in [0, 0.05) is 29.6 Å². The van der Waals surface area contributed by atoms with Gasteiger partial charge < -0.3 is 20.1 Å². The van der Waals surface area contributed by atoms with E-state index in [-0.39, 0.29) is 18.1 Å². The number of hydrogen-bond donors (Lipinski definition) is 2. The van der Waals surface area contributed by atoms with Crippen molar-refractivity contribution in [2.45, 2.75) is 0 Å². The summed E-state index contributed by atoms with van der Waals surface area (Å²) in [5.41, 5.74) is 1.18. The van der Waals surface area contributed by atoms with Gasteiger partial charge in [0.05, 0.1) is 25.7 Å². The van der Waals surface area contributed by atoms with Crippen LogP contribution in [0.3, 0.4) is 0 Å². The van der Waals surface area contributed by atoms with Gasteiger partial charge in [-0.2, -0.15) is 0 Å². The van der Waals surface area contributed by atoms with Gasteiger partial charge in [0.15, 0.2) is 11.5 Å². The van der Waals surface area contributed by atoms with Crippen molar-refractivity contribution in [3.05, 3.63) is 52.6 Å². The normalized spacial score (nSPS) is 9.92. The Labute approximate surface area is 138 Å². The zero-order valence-corrected chi connectivity index (χ0v) is 13.2. The molecule has 2 aromatic rings. The maximum Gasteiger partial charge on any atom is 0.269 e. The molecule has 0 aromatic heterocycles. The molecule has 1 amide bonds. The number of anilines is 2. The van der Waals surface area contributed by atoms with Crippen molar-refractivity contribution in [1.29, 1.82) is 0 Å². The van der Waals surface area contributed by atoms with Gasteiger partial charge in [0.25, 0.3) is 5.69 Å². The van der Waals surface area contributed by atoms with Gasteiger partial charge in [0.1, 0.15) is 0 Å². The summed E-state index contributed by atoms with van der Waals surface area (Å²) in [6.45, 7) is 0.0200. The van der Waals surface area contributed by atoms with Crippen molar-refractivity contribution in [3.63, 3.8) is 0 Å². The molecule has 0 aliphatic rings. The lowest BCUT2D eigenvalue weighted by Gasteiger charge is -2.11. The van der Waals surface area contributed by atoms with Crippen molar-refractivity contribution in [1.82, 2.24) is 0 Å². The number of ether oxygens (including phenoxy) is 2. The predicted octanol–water partition coefficient (Wildman–Crippen LogP) is 2.66. The molecule has 0 atom stereocenters. The molecule has 0 fully saturated rings. The van der Waals surface area contributed by atoms with Crippen molar-refractivity contribution in [2.24, 2.45) is 0 Å². The van der Waals surface area contributed by atoms with E-state index in [4.69, 9.17) is 9.47 Å². The van der Waals surface area contributed by atoms with Gasteiger partial charge in [-0.15, -0.1) is 0 Å². The minimum atomic E-state index is -0.479. The number of nitrogens with one attached hydrogen (secondary N) is 2.